The molecule has 90 valence electrons. The Morgan fingerprint density at radius 2 is 2.00 bits per heavy atom. The highest BCUT2D eigenvalue weighted by molar-refractivity contribution is 5.61. The van der Waals surface area contributed by atoms with Gasteiger partial charge in [0.2, 0.25) is 0 Å². The molecule has 0 saturated carbocycles. The molecule has 5 heteroatoms. The number of hydrogen-bond acceptors (Lipinski definition) is 3. The van der Waals surface area contributed by atoms with E-state index in [0.29, 0.717) is 17.1 Å². The fraction of sp³-hybridized carbons (Fsp3) is 0.250. The summed E-state index contributed by atoms with van der Waals surface area (Å²) < 4.78 is 23.8. The number of benzene rings is 1. The number of aromatic nitrogens is 2. The van der Waals surface area contributed by atoms with Crippen molar-refractivity contribution in [2.24, 2.45) is 0 Å². The smallest absolute Gasteiger partial charge is 0.196 e. The molecule has 1 aromatic carbocycles. The average Bonchev–Trinajstić information content (AvgIpc) is 2.74. The molecule has 0 aliphatic heterocycles. The van der Waals surface area contributed by atoms with Crippen molar-refractivity contribution < 1.29 is 13.9 Å². The predicted molar refractivity (Wildman–Crippen MR) is 61.8 cm³/mol. The van der Waals surface area contributed by atoms with E-state index in [0.717, 1.165) is 5.69 Å². The van der Waals surface area contributed by atoms with E-state index < -0.39 is 5.82 Å². The van der Waals surface area contributed by atoms with E-state index in [4.69, 9.17) is 9.47 Å². The second-order valence-corrected chi connectivity index (χ2v) is 3.61. The lowest BCUT2D eigenvalue weighted by molar-refractivity contribution is 0.338. The Balaban J connectivity index is 2.53. The number of halogens is 1. The van der Waals surface area contributed by atoms with Gasteiger partial charge in [-0.05, 0) is 19.1 Å². The van der Waals surface area contributed by atoms with Crippen molar-refractivity contribution in [1.29, 1.82) is 0 Å². The predicted octanol–water partition coefficient (Wildman–Crippen LogP) is 2.54. The molecule has 4 nitrogen and oxygen atoms in total. The van der Waals surface area contributed by atoms with Gasteiger partial charge in [0.25, 0.3) is 0 Å². The van der Waals surface area contributed by atoms with Crippen LogP contribution in [-0.2, 0) is 0 Å². The highest BCUT2D eigenvalue weighted by Crippen LogP contribution is 2.34. The van der Waals surface area contributed by atoms with Gasteiger partial charge in [-0.3, -0.25) is 0 Å². The number of aryl methyl sites for hydroxylation is 1. The fourth-order valence-electron chi connectivity index (χ4n) is 1.61. The van der Waals surface area contributed by atoms with E-state index in [1.165, 1.54) is 20.3 Å². The highest BCUT2D eigenvalue weighted by Gasteiger charge is 2.14. The zero-order chi connectivity index (χ0) is 12.4. The first kappa shape index (κ1) is 11.4. The van der Waals surface area contributed by atoms with Crippen molar-refractivity contribution in [3.63, 3.8) is 0 Å². The molecule has 0 saturated heterocycles. The molecule has 1 aromatic heterocycles. The number of rotatable bonds is 3. The quantitative estimate of drug-likeness (QED) is 0.890. The zero-order valence-corrected chi connectivity index (χ0v) is 9.87. The van der Waals surface area contributed by atoms with Gasteiger partial charge in [-0.25, -0.2) is 9.37 Å². The summed E-state index contributed by atoms with van der Waals surface area (Å²) in [7, 11) is 2.87. The van der Waals surface area contributed by atoms with Crippen LogP contribution in [0.25, 0.3) is 11.4 Å². The maximum absolute atomic E-state index is 13.7. The average molecular weight is 236 g/mol. The van der Waals surface area contributed by atoms with Gasteiger partial charge in [0.1, 0.15) is 5.82 Å². The summed E-state index contributed by atoms with van der Waals surface area (Å²) in [4.78, 5) is 7.17. The molecule has 0 atom stereocenters. The first-order valence-electron chi connectivity index (χ1n) is 5.09. The molecule has 0 aliphatic carbocycles. The molecular weight excluding hydrogens is 223 g/mol. The maximum Gasteiger partial charge on any atom is 0.196 e. The van der Waals surface area contributed by atoms with Crippen molar-refractivity contribution in [3.8, 4) is 22.9 Å². The molecule has 0 radical (unpaired) electrons. The lowest BCUT2D eigenvalue weighted by atomic mass is 10.2. The largest absolute Gasteiger partial charge is 0.493 e. The summed E-state index contributed by atoms with van der Waals surface area (Å²) in [5.74, 6) is 0.564. The van der Waals surface area contributed by atoms with E-state index in [1.54, 1.807) is 12.3 Å². The van der Waals surface area contributed by atoms with Gasteiger partial charge in [0.05, 0.1) is 14.2 Å². The third kappa shape index (κ3) is 2.08. The lowest BCUT2D eigenvalue weighted by Gasteiger charge is -2.09. The first-order chi connectivity index (χ1) is 8.15. The van der Waals surface area contributed by atoms with E-state index in [1.807, 2.05) is 6.92 Å². The number of imidazole rings is 1. The van der Waals surface area contributed by atoms with Crippen molar-refractivity contribution in [2.75, 3.05) is 14.2 Å². The molecular formula is C12H13FN2O2. The third-order valence-corrected chi connectivity index (χ3v) is 2.41. The number of ether oxygens (including phenoxy) is 2. The van der Waals surface area contributed by atoms with Gasteiger partial charge in [0, 0.05) is 17.5 Å². The minimum atomic E-state index is -0.476. The van der Waals surface area contributed by atoms with Crippen LogP contribution in [0.1, 0.15) is 5.69 Å². The van der Waals surface area contributed by atoms with Gasteiger partial charge in [-0.1, -0.05) is 0 Å². The molecule has 2 aromatic rings. The fourth-order valence-corrected chi connectivity index (χ4v) is 1.61. The molecule has 0 spiro atoms. The third-order valence-electron chi connectivity index (χ3n) is 2.41. The Labute approximate surface area is 98.4 Å². The van der Waals surface area contributed by atoms with E-state index >= 15 is 0 Å². The van der Waals surface area contributed by atoms with Crippen molar-refractivity contribution in [1.82, 2.24) is 9.97 Å². The summed E-state index contributed by atoms with van der Waals surface area (Å²) in [6.45, 7) is 1.88. The van der Waals surface area contributed by atoms with Crippen molar-refractivity contribution in [3.05, 3.63) is 29.8 Å². The van der Waals surface area contributed by atoms with Crippen molar-refractivity contribution >= 4 is 0 Å². The number of nitrogens with one attached hydrogen (secondary N) is 1. The van der Waals surface area contributed by atoms with Crippen LogP contribution in [0.2, 0.25) is 0 Å². The van der Waals surface area contributed by atoms with Crippen LogP contribution >= 0.6 is 0 Å². The summed E-state index contributed by atoms with van der Waals surface area (Å²) in [5.41, 5.74) is 1.53. The Kier molecular flexibility index (Phi) is 2.99. The van der Waals surface area contributed by atoms with Crippen LogP contribution in [0.5, 0.6) is 11.5 Å². The minimum Gasteiger partial charge on any atom is -0.493 e. The Morgan fingerprint density at radius 1 is 1.24 bits per heavy atom. The Hall–Kier alpha value is -2.04. The summed E-state index contributed by atoms with van der Waals surface area (Å²) >= 11 is 0. The van der Waals surface area contributed by atoms with E-state index in [-0.39, 0.29) is 5.75 Å². The van der Waals surface area contributed by atoms with Crippen LogP contribution in [0.3, 0.4) is 0 Å². The van der Waals surface area contributed by atoms with Crippen LogP contribution in [-0.4, -0.2) is 24.2 Å². The number of hydrogen-bond donors (Lipinski definition) is 1. The molecule has 2 rings (SSSR count). The van der Waals surface area contributed by atoms with Crippen LogP contribution in [0, 0.1) is 12.7 Å². The van der Waals surface area contributed by atoms with Gasteiger partial charge in [-0.15, -0.1) is 0 Å². The van der Waals surface area contributed by atoms with Gasteiger partial charge in [0.15, 0.2) is 17.3 Å². The van der Waals surface area contributed by atoms with E-state index in [2.05, 4.69) is 9.97 Å². The molecule has 0 amide bonds. The molecule has 17 heavy (non-hydrogen) atoms. The summed E-state index contributed by atoms with van der Waals surface area (Å²) in [6, 6.07) is 3.04. The first-order valence-corrected chi connectivity index (χ1v) is 5.09. The van der Waals surface area contributed by atoms with Gasteiger partial charge < -0.3 is 14.5 Å². The molecule has 1 heterocycles. The second kappa shape index (κ2) is 4.45. The minimum absolute atomic E-state index is 0.0968. The summed E-state index contributed by atoms with van der Waals surface area (Å²) in [6.07, 6.45) is 1.68. The molecule has 1 N–H and O–H groups in total. The summed E-state index contributed by atoms with van der Waals surface area (Å²) in [5, 5.41) is 0. The molecule has 0 unspecified atom stereocenters. The standard InChI is InChI=1S/C12H13FN2O2/c1-7-6-14-12(15-7)8-4-9(13)11(17-3)10(5-8)16-2/h4-6H,1-3H3,(H,14,15). The van der Waals surface area contributed by atoms with Gasteiger partial charge >= 0.3 is 0 Å². The van der Waals surface area contributed by atoms with E-state index in [9.17, 15) is 4.39 Å². The maximum atomic E-state index is 13.7. The van der Waals surface area contributed by atoms with Crippen LogP contribution in [0.15, 0.2) is 18.3 Å². The number of aromatic amines is 1. The Bertz CT molecular complexity index is 537. The highest BCUT2D eigenvalue weighted by atomic mass is 19.1. The number of methoxy groups -OCH3 is 2. The number of nitrogens with zero attached hydrogens (tertiary/aromatic N) is 1. The second-order valence-electron chi connectivity index (χ2n) is 3.61. The Morgan fingerprint density at radius 3 is 2.53 bits per heavy atom. The molecule has 0 bridgehead atoms. The van der Waals surface area contributed by atoms with Crippen LogP contribution in [0.4, 0.5) is 4.39 Å². The normalized spacial score (nSPS) is 10.4. The SMILES string of the molecule is COc1cc(-c2ncc(C)[nH]2)cc(F)c1OC. The monoisotopic (exact) mass is 236 g/mol. The topological polar surface area (TPSA) is 47.1 Å². The van der Waals surface area contributed by atoms with Gasteiger partial charge in [-0.2, -0.15) is 0 Å². The molecule has 0 fully saturated rings. The zero-order valence-electron chi connectivity index (χ0n) is 9.87. The van der Waals surface area contributed by atoms with Crippen LogP contribution < -0.4 is 9.47 Å². The number of H-pyrrole nitrogens is 1. The molecule has 0 aliphatic rings. The lowest BCUT2D eigenvalue weighted by Crippen LogP contribution is -1.95. The van der Waals surface area contributed by atoms with Crippen molar-refractivity contribution in [2.45, 2.75) is 6.92 Å².